The van der Waals surface area contributed by atoms with Gasteiger partial charge in [0.25, 0.3) is 0 Å². The average molecular weight is 810 g/mol. The Hall–Kier alpha value is -5.18. The third-order valence-electron chi connectivity index (χ3n) is 8.23. The molecule has 15 nitrogen and oxygen atoms in total. The highest BCUT2D eigenvalue weighted by Crippen LogP contribution is 2.44. The van der Waals surface area contributed by atoms with Crippen LogP contribution in [0.15, 0.2) is 53.5 Å². The summed E-state index contributed by atoms with van der Waals surface area (Å²) in [7, 11) is 0. The second-order valence-corrected chi connectivity index (χ2v) is 18.2. The molecule has 3 rings (SSSR count). The van der Waals surface area contributed by atoms with Crippen molar-refractivity contribution in [2.75, 3.05) is 13.2 Å². The molecule has 0 aliphatic heterocycles. The second kappa shape index (κ2) is 19.0. The van der Waals surface area contributed by atoms with Gasteiger partial charge < -0.3 is 40.1 Å². The molecule has 3 atom stereocenters. The number of carbonyl (C=O) groups excluding carboxylic acids is 5. The monoisotopic (exact) mass is 809 g/mol. The zero-order valence-electron chi connectivity index (χ0n) is 36.3. The SMILES string of the molecule is C[C@@H](OC(C)(C)C)[C@H](NC(=O)[C@H](CCCN=C(N)N(C(=O)OC(C)(C)C)C(=O)OC(C)(C)C)NC(=O)OCC1c2ccccc2-c2ccccc21)C(=O)OC(C)(C)C. The number of imide groups is 1. The zero-order chi connectivity index (χ0) is 43.8. The van der Waals surface area contributed by atoms with Crippen molar-refractivity contribution in [3.8, 4) is 11.1 Å². The fourth-order valence-corrected chi connectivity index (χ4v) is 6.10. The summed E-state index contributed by atoms with van der Waals surface area (Å²) >= 11 is 0. The van der Waals surface area contributed by atoms with Gasteiger partial charge in [-0.1, -0.05) is 48.5 Å². The second-order valence-electron chi connectivity index (χ2n) is 18.2. The first-order chi connectivity index (χ1) is 26.7. The third kappa shape index (κ3) is 14.6. The molecule has 58 heavy (non-hydrogen) atoms. The summed E-state index contributed by atoms with van der Waals surface area (Å²) in [4.78, 5) is 71.8. The quantitative estimate of drug-likeness (QED) is 0.0645. The highest BCUT2D eigenvalue weighted by molar-refractivity contribution is 6.07. The summed E-state index contributed by atoms with van der Waals surface area (Å²) < 4.78 is 28.2. The Balaban J connectivity index is 1.86. The molecule has 0 spiro atoms. The molecular weight excluding hydrogens is 746 g/mol. The number of amides is 4. The van der Waals surface area contributed by atoms with E-state index in [2.05, 4.69) is 15.6 Å². The summed E-state index contributed by atoms with van der Waals surface area (Å²) in [6.45, 7) is 21.9. The molecule has 320 valence electrons. The predicted octanol–water partition coefficient (Wildman–Crippen LogP) is 7.19. The Morgan fingerprint density at radius 2 is 1.21 bits per heavy atom. The fraction of sp³-hybridized carbons (Fsp3) is 0.581. The lowest BCUT2D eigenvalue weighted by atomic mass is 9.98. The molecule has 1 aliphatic carbocycles. The lowest BCUT2D eigenvalue weighted by Crippen LogP contribution is -2.57. The van der Waals surface area contributed by atoms with Crippen molar-refractivity contribution in [3.05, 3.63) is 59.7 Å². The topological polar surface area (TPSA) is 197 Å². The van der Waals surface area contributed by atoms with E-state index in [0.29, 0.717) is 4.90 Å². The number of aliphatic imine (C=N–C) groups is 1. The Labute approximate surface area is 342 Å². The molecule has 0 bridgehead atoms. The fourth-order valence-electron chi connectivity index (χ4n) is 6.10. The highest BCUT2D eigenvalue weighted by atomic mass is 16.6. The number of hydrogen-bond acceptors (Lipinski definition) is 11. The van der Waals surface area contributed by atoms with Crippen LogP contribution in [0, 0.1) is 0 Å². The minimum Gasteiger partial charge on any atom is -0.458 e. The maximum Gasteiger partial charge on any atom is 0.427 e. The van der Waals surface area contributed by atoms with Crippen molar-refractivity contribution in [2.24, 2.45) is 10.7 Å². The van der Waals surface area contributed by atoms with Crippen molar-refractivity contribution in [3.63, 3.8) is 0 Å². The predicted molar refractivity (Wildman–Crippen MR) is 220 cm³/mol. The highest BCUT2D eigenvalue weighted by Gasteiger charge is 2.37. The van der Waals surface area contributed by atoms with Crippen LogP contribution >= 0.6 is 0 Å². The van der Waals surface area contributed by atoms with Crippen molar-refractivity contribution >= 4 is 36.1 Å². The average Bonchev–Trinajstić information content (AvgIpc) is 3.37. The largest absolute Gasteiger partial charge is 0.458 e. The first-order valence-electron chi connectivity index (χ1n) is 19.5. The number of guanidine groups is 1. The van der Waals surface area contributed by atoms with Gasteiger partial charge in [-0.05, 0) is 125 Å². The van der Waals surface area contributed by atoms with Crippen LogP contribution in [0.3, 0.4) is 0 Å². The molecule has 0 radical (unpaired) electrons. The molecule has 15 heteroatoms. The van der Waals surface area contributed by atoms with Gasteiger partial charge in [0.1, 0.15) is 29.5 Å². The summed E-state index contributed by atoms with van der Waals surface area (Å²) in [5, 5.41) is 5.39. The third-order valence-corrected chi connectivity index (χ3v) is 8.23. The number of nitrogens with two attached hydrogens (primary N) is 1. The van der Waals surface area contributed by atoms with Crippen molar-refractivity contribution in [2.45, 2.75) is 149 Å². The van der Waals surface area contributed by atoms with E-state index in [-0.39, 0.29) is 31.9 Å². The first-order valence-corrected chi connectivity index (χ1v) is 19.5. The van der Waals surface area contributed by atoms with Gasteiger partial charge in [-0.15, -0.1) is 4.90 Å². The maximum absolute atomic E-state index is 14.1. The number of nitrogens with zero attached hydrogens (tertiary/aromatic N) is 2. The molecule has 4 N–H and O–H groups in total. The Kier molecular flexibility index (Phi) is 15.5. The number of esters is 1. The van der Waals surface area contributed by atoms with Gasteiger partial charge in [0.2, 0.25) is 11.9 Å². The zero-order valence-corrected chi connectivity index (χ0v) is 36.3. The molecule has 1 aliphatic rings. The normalized spacial score (nSPS) is 14.9. The minimum atomic E-state index is -1.25. The van der Waals surface area contributed by atoms with Crippen LogP contribution in [0.2, 0.25) is 0 Å². The smallest absolute Gasteiger partial charge is 0.427 e. The number of alkyl carbamates (subject to hydrolysis) is 1. The van der Waals surface area contributed by atoms with Crippen molar-refractivity contribution in [1.29, 1.82) is 0 Å². The van der Waals surface area contributed by atoms with Gasteiger partial charge in [-0.3, -0.25) is 9.79 Å². The summed E-state index contributed by atoms with van der Waals surface area (Å²) in [5.41, 5.74) is 6.83. The molecule has 2 aromatic rings. The van der Waals surface area contributed by atoms with Crippen LogP contribution in [0.4, 0.5) is 14.4 Å². The van der Waals surface area contributed by atoms with Crippen molar-refractivity contribution < 1.29 is 47.7 Å². The number of ether oxygens (including phenoxy) is 5. The maximum atomic E-state index is 14.1. The van der Waals surface area contributed by atoms with Gasteiger partial charge in [0.15, 0.2) is 6.04 Å². The van der Waals surface area contributed by atoms with E-state index < -0.39 is 76.7 Å². The number of rotatable bonds is 12. The van der Waals surface area contributed by atoms with E-state index >= 15 is 0 Å². The first kappa shape index (κ1) is 47.2. The van der Waals surface area contributed by atoms with E-state index in [1.54, 1.807) is 69.2 Å². The van der Waals surface area contributed by atoms with Crippen LogP contribution in [0.1, 0.15) is 120 Å². The van der Waals surface area contributed by atoms with E-state index in [0.717, 1.165) is 22.3 Å². The molecule has 4 amide bonds. The number of hydrogen-bond donors (Lipinski definition) is 3. The molecule has 0 saturated carbocycles. The number of nitrogens with one attached hydrogen (secondary N) is 2. The Morgan fingerprint density at radius 1 is 0.724 bits per heavy atom. The molecule has 0 fully saturated rings. The number of benzene rings is 2. The van der Waals surface area contributed by atoms with Crippen molar-refractivity contribution in [1.82, 2.24) is 15.5 Å². The molecule has 0 saturated heterocycles. The molecule has 0 unspecified atom stereocenters. The minimum absolute atomic E-state index is 0.00280. The van der Waals surface area contributed by atoms with Gasteiger partial charge in [0.05, 0.1) is 11.7 Å². The van der Waals surface area contributed by atoms with E-state index in [1.165, 1.54) is 0 Å². The van der Waals surface area contributed by atoms with E-state index in [9.17, 15) is 24.0 Å². The lowest BCUT2D eigenvalue weighted by molar-refractivity contribution is -0.166. The molecule has 2 aromatic carbocycles. The van der Waals surface area contributed by atoms with E-state index in [1.807, 2.05) is 69.3 Å². The lowest BCUT2D eigenvalue weighted by Gasteiger charge is -2.32. The van der Waals surface area contributed by atoms with Crippen LogP contribution < -0.4 is 16.4 Å². The standard InChI is InChI=1S/C43H63N5O10/c1-26(55-40(2,3)4)33(35(50)56-41(5,6)7)47-34(49)32(23-18-24-45-36(44)48(38(52)57-42(8,9)10)39(53)58-43(11,12)13)46-37(51)54-25-31-29-21-16-14-19-27(29)28-20-15-17-22-30(28)31/h14-17,19-22,26,31-33H,18,23-25H2,1-13H3,(H2,44,45)(H,46,51)(H,47,49)/t26-,32+,33+/m1/s1. The van der Waals surface area contributed by atoms with Crippen LogP contribution in [0.5, 0.6) is 0 Å². The molecular formula is C43H63N5O10. The summed E-state index contributed by atoms with van der Waals surface area (Å²) in [6, 6.07) is 13.3. The van der Waals surface area contributed by atoms with Crippen LogP contribution in [0.25, 0.3) is 11.1 Å². The Bertz CT molecular complexity index is 1740. The van der Waals surface area contributed by atoms with Gasteiger partial charge in [-0.25, -0.2) is 19.2 Å². The molecule has 0 heterocycles. The van der Waals surface area contributed by atoms with Gasteiger partial charge in [0, 0.05) is 12.5 Å². The van der Waals surface area contributed by atoms with Gasteiger partial charge in [-0.2, -0.15) is 0 Å². The summed E-state index contributed by atoms with van der Waals surface area (Å²) in [5.74, 6) is -2.16. The van der Waals surface area contributed by atoms with Crippen LogP contribution in [-0.4, -0.2) is 94.8 Å². The molecule has 0 aromatic heterocycles. The number of carbonyl (C=O) groups is 5. The van der Waals surface area contributed by atoms with Gasteiger partial charge >= 0.3 is 24.2 Å². The van der Waals surface area contributed by atoms with Crippen LogP contribution in [-0.2, 0) is 33.3 Å². The Morgan fingerprint density at radius 3 is 1.67 bits per heavy atom. The number of fused-ring (bicyclic) bond motifs is 3. The van der Waals surface area contributed by atoms with E-state index in [4.69, 9.17) is 29.4 Å². The summed E-state index contributed by atoms with van der Waals surface area (Å²) in [6.07, 6.45) is -3.77.